The Morgan fingerprint density at radius 3 is 1.41 bits per heavy atom. The van der Waals surface area contributed by atoms with Crippen LogP contribution >= 0.6 is 22.7 Å². The average Bonchev–Trinajstić information content (AvgIpc) is 3.22. The topological polar surface area (TPSA) is 110 Å². The Bertz CT molecular complexity index is 764. The Hall–Kier alpha value is -1.94. The first-order chi connectivity index (χ1) is 13.4. The lowest BCUT2D eigenvalue weighted by Crippen LogP contribution is -2.27. The number of carbonyl (C=O) groups excluding carboxylic acids is 2. The molecular formula is C19H30N6O2S2. The highest BCUT2D eigenvalue weighted by Crippen LogP contribution is 2.23. The quantitative estimate of drug-likeness (QED) is 0.594. The first-order valence-electron chi connectivity index (χ1n) is 9.73. The Balaban J connectivity index is 1.68. The van der Waals surface area contributed by atoms with E-state index in [-0.39, 0.29) is 11.8 Å². The Kier molecular flexibility index (Phi) is 7.81. The van der Waals surface area contributed by atoms with Crippen LogP contribution in [-0.4, -0.2) is 32.2 Å². The van der Waals surface area contributed by atoms with Crippen molar-refractivity contribution in [2.45, 2.75) is 73.6 Å². The van der Waals surface area contributed by atoms with Gasteiger partial charge in [0.05, 0.1) is 0 Å². The zero-order valence-electron chi connectivity index (χ0n) is 18.0. The molecule has 0 aliphatic rings. The fourth-order valence-corrected chi connectivity index (χ4v) is 3.66. The summed E-state index contributed by atoms with van der Waals surface area (Å²) in [7, 11) is 0. The van der Waals surface area contributed by atoms with Gasteiger partial charge in [0.15, 0.2) is 0 Å². The molecule has 0 bridgehead atoms. The summed E-state index contributed by atoms with van der Waals surface area (Å²) in [5.41, 5.74) is -0.905. The first-order valence-corrected chi connectivity index (χ1v) is 11.4. The number of unbranched alkanes of at least 4 members (excludes halogenated alkanes) is 2. The molecule has 0 spiro atoms. The molecule has 0 saturated heterocycles. The number of aryl methyl sites for hydroxylation is 2. The van der Waals surface area contributed by atoms with Crippen molar-refractivity contribution in [1.29, 1.82) is 0 Å². The van der Waals surface area contributed by atoms with Crippen molar-refractivity contribution < 1.29 is 9.59 Å². The summed E-state index contributed by atoms with van der Waals surface area (Å²) in [6.07, 6.45) is 4.70. The highest BCUT2D eigenvalue weighted by atomic mass is 32.1. The minimum atomic E-state index is -0.452. The molecule has 2 heterocycles. The summed E-state index contributed by atoms with van der Waals surface area (Å²) in [5.74, 6) is -0.120. The van der Waals surface area contributed by atoms with Crippen LogP contribution in [-0.2, 0) is 22.4 Å². The Morgan fingerprint density at radius 2 is 1.07 bits per heavy atom. The molecule has 2 aromatic rings. The molecule has 160 valence electrons. The van der Waals surface area contributed by atoms with E-state index in [2.05, 4.69) is 31.0 Å². The van der Waals surface area contributed by atoms with Gasteiger partial charge in [0, 0.05) is 23.7 Å². The van der Waals surface area contributed by atoms with E-state index in [1.165, 1.54) is 22.7 Å². The van der Waals surface area contributed by atoms with Gasteiger partial charge < -0.3 is 10.6 Å². The third kappa shape index (κ3) is 7.77. The van der Waals surface area contributed by atoms with Crippen molar-refractivity contribution in [2.24, 2.45) is 10.8 Å². The largest absolute Gasteiger partial charge is 0.300 e. The standard InChI is InChI=1S/C19H30N6O2S2/c1-18(2,3)14(26)20-16-24-22-12(28-16)10-8-7-9-11-13-23-25-17(29-13)21-15(27)19(4,5)6/h7-11H2,1-6H3,(H,20,24,26)(H,21,25,27). The van der Waals surface area contributed by atoms with E-state index in [9.17, 15) is 9.59 Å². The van der Waals surface area contributed by atoms with Gasteiger partial charge in [0.25, 0.3) is 0 Å². The van der Waals surface area contributed by atoms with Gasteiger partial charge in [-0.1, -0.05) is 70.6 Å². The summed E-state index contributed by atoms with van der Waals surface area (Å²) < 4.78 is 0. The molecule has 0 fully saturated rings. The smallest absolute Gasteiger partial charge is 0.231 e. The zero-order chi connectivity index (χ0) is 21.7. The third-order valence-electron chi connectivity index (χ3n) is 4.02. The van der Waals surface area contributed by atoms with E-state index >= 15 is 0 Å². The van der Waals surface area contributed by atoms with Crippen LogP contribution in [0.5, 0.6) is 0 Å². The number of carbonyl (C=O) groups is 2. The summed E-state index contributed by atoms with van der Waals surface area (Å²) in [6.45, 7) is 11.2. The number of hydrogen-bond donors (Lipinski definition) is 2. The number of anilines is 2. The van der Waals surface area contributed by atoms with Crippen molar-refractivity contribution in [3.05, 3.63) is 10.0 Å². The summed E-state index contributed by atoms with van der Waals surface area (Å²) >= 11 is 2.86. The molecule has 0 aromatic carbocycles. The van der Waals surface area contributed by atoms with E-state index in [0.717, 1.165) is 42.1 Å². The first kappa shape index (κ1) is 23.3. The van der Waals surface area contributed by atoms with Crippen molar-refractivity contribution in [3.8, 4) is 0 Å². The van der Waals surface area contributed by atoms with E-state index in [4.69, 9.17) is 0 Å². The lowest BCUT2D eigenvalue weighted by molar-refractivity contribution is -0.123. The number of nitrogens with zero attached hydrogens (tertiary/aromatic N) is 4. The van der Waals surface area contributed by atoms with Crippen LogP contribution in [0.25, 0.3) is 0 Å². The van der Waals surface area contributed by atoms with Crippen LogP contribution in [0, 0.1) is 10.8 Å². The lowest BCUT2D eigenvalue weighted by Gasteiger charge is -2.15. The molecular weight excluding hydrogens is 408 g/mol. The summed E-state index contributed by atoms with van der Waals surface area (Å²) in [4.78, 5) is 24.0. The number of rotatable bonds is 8. The molecule has 0 unspecified atom stereocenters. The van der Waals surface area contributed by atoms with Gasteiger partial charge in [-0.05, 0) is 12.8 Å². The maximum absolute atomic E-state index is 12.0. The second kappa shape index (κ2) is 9.71. The highest BCUT2D eigenvalue weighted by Gasteiger charge is 2.23. The monoisotopic (exact) mass is 438 g/mol. The highest BCUT2D eigenvalue weighted by molar-refractivity contribution is 7.15. The number of nitrogens with one attached hydrogen (secondary N) is 2. The van der Waals surface area contributed by atoms with Crippen LogP contribution in [0.15, 0.2) is 0 Å². The van der Waals surface area contributed by atoms with Gasteiger partial charge in [0.2, 0.25) is 22.1 Å². The van der Waals surface area contributed by atoms with Gasteiger partial charge in [-0.15, -0.1) is 20.4 Å². The van der Waals surface area contributed by atoms with Crippen LogP contribution in [0.3, 0.4) is 0 Å². The number of amides is 2. The third-order valence-corrected chi connectivity index (χ3v) is 5.82. The van der Waals surface area contributed by atoms with Crippen LogP contribution < -0.4 is 10.6 Å². The number of aromatic nitrogens is 4. The van der Waals surface area contributed by atoms with Gasteiger partial charge in [-0.25, -0.2) is 0 Å². The molecule has 10 heteroatoms. The molecule has 0 aliphatic carbocycles. The molecule has 2 N–H and O–H groups in total. The minimum Gasteiger partial charge on any atom is -0.300 e. The molecule has 8 nitrogen and oxygen atoms in total. The van der Waals surface area contributed by atoms with Gasteiger partial charge >= 0.3 is 0 Å². The average molecular weight is 439 g/mol. The molecule has 0 saturated carbocycles. The number of hydrogen-bond acceptors (Lipinski definition) is 8. The van der Waals surface area contributed by atoms with Crippen molar-refractivity contribution >= 4 is 44.8 Å². The summed E-state index contributed by atoms with van der Waals surface area (Å²) in [6, 6.07) is 0. The predicted octanol–water partition coefficient (Wildman–Crippen LogP) is 4.31. The van der Waals surface area contributed by atoms with E-state index in [0.29, 0.717) is 10.3 Å². The van der Waals surface area contributed by atoms with Crippen molar-refractivity contribution in [2.75, 3.05) is 10.6 Å². The Morgan fingerprint density at radius 1 is 0.690 bits per heavy atom. The molecule has 0 radical (unpaired) electrons. The second-order valence-corrected chi connectivity index (χ2v) is 11.1. The second-order valence-electron chi connectivity index (χ2n) is 8.97. The van der Waals surface area contributed by atoms with Crippen LogP contribution in [0.4, 0.5) is 10.3 Å². The Labute approximate surface area is 179 Å². The van der Waals surface area contributed by atoms with Gasteiger partial charge in [-0.3, -0.25) is 9.59 Å². The molecule has 0 atom stereocenters. The van der Waals surface area contributed by atoms with E-state index < -0.39 is 10.8 Å². The normalized spacial score (nSPS) is 12.1. The minimum absolute atomic E-state index is 0.0599. The fourth-order valence-electron chi connectivity index (χ4n) is 2.11. The molecule has 29 heavy (non-hydrogen) atoms. The maximum atomic E-state index is 12.0. The van der Waals surface area contributed by atoms with Crippen molar-refractivity contribution in [1.82, 2.24) is 20.4 Å². The molecule has 2 aromatic heterocycles. The van der Waals surface area contributed by atoms with Crippen molar-refractivity contribution in [3.63, 3.8) is 0 Å². The van der Waals surface area contributed by atoms with Crippen LogP contribution in [0.1, 0.15) is 70.8 Å². The van der Waals surface area contributed by atoms with Gasteiger partial charge in [0.1, 0.15) is 10.0 Å². The maximum Gasteiger partial charge on any atom is 0.231 e. The fraction of sp³-hybridized carbons (Fsp3) is 0.684. The SMILES string of the molecule is CC(C)(C)C(=O)Nc1nnc(CCCCCc2nnc(NC(=O)C(C)(C)C)s2)s1. The van der Waals surface area contributed by atoms with Gasteiger partial charge in [-0.2, -0.15) is 0 Å². The predicted molar refractivity (Wildman–Crippen MR) is 117 cm³/mol. The summed E-state index contributed by atoms with van der Waals surface area (Å²) in [5, 5.41) is 25.0. The van der Waals surface area contributed by atoms with Crippen LogP contribution in [0.2, 0.25) is 0 Å². The molecule has 0 aliphatic heterocycles. The molecule has 2 rings (SSSR count). The van der Waals surface area contributed by atoms with E-state index in [1.54, 1.807) is 0 Å². The van der Waals surface area contributed by atoms with E-state index in [1.807, 2.05) is 41.5 Å². The lowest BCUT2D eigenvalue weighted by atomic mass is 9.96. The molecule has 2 amide bonds. The zero-order valence-corrected chi connectivity index (χ0v) is 19.6.